The van der Waals surface area contributed by atoms with Crippen LogP contribution in [-0.4, -0.2) is 36.0 Å². The maximum Gasteiger partial charge on any atom is 0.274 e. The predicted molar refractivity (Wildman–Crippen MR) is 89.5 cm³/mol. The minimum Gasteiger partial charge on any atom is -0.378 e. The smallest absolute Gasteiger partial charge is 0.274 e. The van der Waals surface area contributed by atoms with Gasteiger partial charge in [-0.15, -0.1) is 0 Å². The fraction of sp³-hybridized carbons (Fsp3) is 0.312. The summed E-state index contributed by atoms with van der Waals surface area (Å²) in [5.41, 5.74) is 2.13. The summed E-state index contributed by atoms with van der Waals surface area (Å²) in [7, 11) is 3.94. The molecule has 0 atom stereocenters. The van der Waals surface area contributed by atoms with Crippen molar-refractivity contribution in [2.24, 2.45) is 0 Å². The number of nitrogens with one attached hydrogen (secondary N) is 2. The number of benzene rings is 1. The van der Waals surface area contributed by atoms with Crippen molar-refractivity contribution >= 4 is 23.1 Å². The van der Waals surface area contributed by atoms with Gasteiger partial charge in [0.2, 0.25) is 0 Å². The van der Waals surface area contributed by atoms with E-state index in [1.165, 1.54) is 6.33 Å². The highest BCUT2D eigenvalue weighted by Crippen LogP contribution is 2.16. The SMILES string of the molecule is CC(C)Nc1cc(C(=O)Nc2ccc(N(C)C)cc2)ncn1. The highest BCUT2D eigenvalue weighted by Gasteiger charge is 2.09. The van der Waals surface area contributed by atoms with Crippen LogP contribution in [-0.2, 0) is 0 Å². The monoisotopic (exact) mass is 299 g/mol. The van der Waals surface area contributed by atoms with Crippen molar-refractivity contribution in [3.63, 3.8) is 0 Å². The summed E-state index contributed by atoms with van der Waals surface area (Å²) in [5, 5.41) is 5.98. The Morgan fingerprint density at radius 2 is 1.82 bits per heavy atom. The van der Waals surface area contributed by atoms with Gasteiger partial charge in [0.15, 0.2) is 0 Å². The van der Waals surface area contributed by atoms with Crippen LogP contribution in [0.4, 0.5) is 17.2 Å². The molecular formula is C16H21N5O. The van der Waals surface area contributed by atoms with Gasteiger partial charge in [0.1, 0.15) is 17.8 Å². The highest BCUT2D eigenvalue weighted by molar-refractivity contribution is 6.03. The van der Waals surface area contributed by atoms with Crippen LogP contribution < -0.4 is 15.5 Å². The van der Waals surface area contributed by atoms with Crippen LogP contribution >= 0.6 is 0 Å². The number of carbonyl (C=O) groups excluding carboxylic acids is 1. The molecule has 0 aliphatic rings. The normalized spacial score (nSPS) is 10.4. The lowest BCUT2D eigenvalue weighted by Crippen LogP contribution is -2.16. The molecule has 116 valence electrons. The van der Waals surface area contributed by atoms with E-state index in [4.69, 9.17) is 0 Å². The number of rotatable bonds is 5. The van der Waals surface area contributed by atoms with Crippen LogP contribution in [0.1, 0.15) is 24.3 Å². The largest absolute Gasteiger partial charge is 0.378 e. The fourth-order valence-corrected chi connectivity index (χ4v) is 1.89. The van der Waals surface area contributed by atoms with E-state index in [9.17, 15) is 4.79 Å². The van der Waals surface area contributed by atoms with Gasteiger partial charge in [-0.3, -0.25) is 4.79 Å². The first-order valence-corrected chi connectivity index (χ1v) is 7.13. The first-order valence-electron chi connectivity index (χ1n) is 7.13. The number of anilines is 3. The Labute approximate surface area is 130 Å². The molecule has 2 rings (SSSR count). The lowest BCUT2D eigenvalue weighted by Gasteiger charge is -2.13. The van der Waals surface area contributed by atoms with Crippen molar-refractivity contribution < 1.29 is 4.79 Å². The van der Waals surface area contributed by atoms with Crippen LogP contribution in [0.5, 0.6) is 0 Å². The molecule has 6 nitrogen and oxygen atoms in total. The molecular weight excluding hydrogens is 278 g/mol. The number of carbonyl (C=O) groups is 1. The molecule has 22 heavy (non-hydrogen) atoms. The molecule has 6 heteroatoms. The Morgan fingerprint density at radius 1 is 1.14 bits per heavy atom. The molecule has 0 fully saturated rings. The Balaban J connectivity index is 2.08. The average Bonchev–Trinajstić information content (AvgIpc) is 2.47. The number of aromatic nitrogens is 2. The maximum absolute atomic E-state index is 12.2. The summed E-state index contributed by atoms with van der Waals surface area (Å²) >= 11 is 0. The van der Waals surface area contributed by atoms with Crippen molar-refractivity contribution in [1.82, 2.24) is 9.97 Å². The van der Waals surface area contributed by atoms with Gasteiger partial charge < -0.3 is 15.5 Å². The zero-order valence-corrected chi connectivity index (χ0v) is 13.3. The van der Waals surface area contributed by atoms with Crippen LogP contribution in [0.15, 0.2) is 36.7 Å². The van der Waals surface area contributed by atoms with E-state index in [1.807, 2.05) is 57.1 Å². The quantitative estimate of drug-likeness (QED) is 0.888. The molecule has 2 aromatic rings. The van der Waals surface area contributed by atoms with Crippen LogP contribution in [0, 0.1) is 0 Å². The Kier molecular flexibility index (Phi) is 4.93. The third-order valence-electron chi connectivity index (χ3n) is 2.98. The van der Waals surface area contributed by atoms with Gasteiger partial charge in [-0.1, -0.05) is 0 Å². The van der Waals surface area contributed by atoms with E-state index in [1.54, 1.807) is 6.07 Å². The molecule has 0 saturated heterocycles. The summed E-state index contributed by atoms with van der Waals surface area (Å²) in [6.45, 7) is 4.02. The van der Waals surface area contributed by atoms with Crippen LogP contribution in [0.3, 0.4) is 0 Å². The van der Waals surface area contributed by atoms with Gasteiger partial charge in [0.25, 0.3) is 5.91 Å². The van der Waals surface area contributed by atoms with E-state index in [2.05, 4.69) is 20.6 Å². The Hall–Kier alpha value is -2.63. The van der Waals surface area contributed by atoms with E-state index in [0.717, 1.165) is 11.4 Å². The maximum atomic E-state index is 12.2. The van der Waals surface area contributed by atoms with Gasteiger partial charge in [-0.25, -0.2) is 9.97 Å². The van der Waals surface area contributed by atoms with Crippen LogP contribution in [0.2, 0.25) is 0 Å². The van der Waals surface area contributed by atoms with Crippen molar-refractivity contribution in [3.8, 4) is 0 Å². The van der Waals surface area contributed by atoms with Crippen molar-refractivity contribution in [3.05, 3.63) is 42.4 Å². The molecule has 1 aromatic carbocycles. The zero-order chi connectivity index (χ0) is 16.1. The molecule has 0 bridgehead atoms. The van der Waals surface area contributed by atoms with Gasteiger partial charge in [0.05, 0.1) is 0 Å². The summed E-state index contributed by atoms with van der Waals surface area (Å²) in [6, 6.07) is 9.50. The van der Waals surface area contributed by atoms with E-state index in [-0.39, 0.29) is 11.9 Å². The molecule has 2 N–H and O–H groups in total. The molecule has 0 unspecified atom stereocenters. The number of hydrogen-bond donors (Lipinski definition) is 2. The van der Waals surface area contributed by atoms with Crippen molar-refractivity contribution in [2.75, 3.05) is 29.6 Å². The first-order chi connectivity index (χ1) is 10.5. The second-order valence-electron chi connectivity index (χ2n) is 5.48. The number of nitrogens with zero attached hydrogens (tertiary/aromatic N) is 3. The highest BCUT2D eigenvalue weighted by atomic mass is 16.1. The summed E-state index contributed by atoms with van der Waals surface area (Å²) < 4.78 is 0. The molecule has 0 radical (unpaired) electrons. The van der Waals surface area contributed by atoms with Gasteiger partial charge in [-0.05, 0) is 38.1 Å². The molecule has 0 spiro atoms. The van der Waals surface area contributed by atoms with Gasteiger partial charge in [-0.2, -0.15) is 0 Å². The first kappa shape index (κ1) is 15.8. The number of amides is 1. The predicted octanol–water partition coefficient (Wildman–Crippen LogP) is 2.62. The van der Waals surface area contributed by atoms with Crippen LogP contribution in [0.25, 0.3) is 0 Å². The molecule has 0 aliphatic heterocycles. The average molecular weight is 299 g/mol. The standard InChI is InChI=1S/C16H21N5O/c1-11(2)19-15-9-14(17-10-18-15)16(22)20-12-5-7-13(8-6-12)21(3)4/h5-11H,1-4H3,(H,20,22)(H,17,18,19). The summed E-state index contributed by atoms with van der Waals surface area (Å²) in [6.07, 6.45) is 1.38. The minimum atomic E-state index is -0.258. The lowest BCUT2D eigenvalue weighted by molar-refractivity contribution is 0.102. The zero-order valence-electron chi connectivity index (χ0n) is 13.3. The molecule has 0 aliphatic carbocycles. The Bertz CT molecular complexity index is 637. The molecule has 0 saturated carbocycles. The second kappa shape index (κ2) is 6.89. The fourth-order valence-electron chi connectivity index (χ4n) is 1.89. The summed E-state index contributed by atoms with van der Waals surface area (Å²) in [4.78, 5) is 22.3. The topological polar surface area (TPSA) is 70.2 Å². The third-order valence-corrected chi connectivity index (χ3v) is 2.98. The van der Waals surface area contributed by atoms with E-state index in [0.29, 0.717) is 11.5 Å². The molecule has 1 heterocycles. The lowest BCUT2D eigenvalue weighted by atomic mass is 10.2. The Morgan fingerprint density at radius 3 is 2.41 bits per heavy atom. The second-order valence-corrected chi connectivity index (χ2v) is 5.48. The minimum absolute atomic E-state index is 0.240. The number of hydrogen-bond acceptors (Lipinski definition) is 5. The van der Waals surface area contributed by atoms with E-state index < -0.39 is 0 Å². The molecule has 1 aromatic heterocycles. The summed E-state index contributed by atoms with van der Waals surface area (Å²) in [5.74, 6) is 0.380. The van der Waals surface area contributed by atoms with E-state index >= 15 is 0 Å². The van der Waals surface area contributed by atoms with Crippen molar-refractivity contribution in [1.29, 1.82) is 0 Å². The third kappa shape index (κ3) is 4.18. The van der Waals surface area contributed by atoms with Gasteiger partial charge >= 0.3 is 0 Å². The van der Waals surface area contributed by atoms with Gasteiger partial charge in [0, 0.05) is 37.6 Å². The van der Waals surface area contributed by atoms with Crippen molar-refractivity contribution in [2.45, 2.75) is 19.9 Å². The molecule has 1 amide bonds.